The van der Waals surface area contributed by atoms with E-state index in [1.807, 2.05) is 6.07 Å². The van der Waals surface area contributed by atoms with E-state index in [1.165, 1.54) is 12.1 Å². The fraction of sp³-hybridized carbons (Fsp3) is 0. The second-order valence-corrected chi connectivity index (χ2v) is 3.91. The molecule has 0 aliphatic rings. The average molecular weight is 252 g/mol. The van der Waals surface area contributed by atoms with Gasteiger partial charge in [-0.05, 0) is 18.2 Å². The highest BCUT2D eigenvalue weighted by Gasteiger charge is 2.09. The van der Waals surface area contributed by atoms with Crippen LogP contribution < -0.4 is 0 Å². The van der Waals surface area contributed by atoms with Gasteiger partial charge in [0.1, 0.15) is 5.69 Å². The van der Waals surface area contributed by atoms with Gasteiger partial charge in [-0.3, -0.25) is 15.1 Å². The number of pyridine rings is 1. The van der Waals surface area contributed by atoms with E-state index >= 15 is 0 Å². The molecule has 0 saturated carbocycles. The quantitative estimate of drug-likeness (QED) is 0.517. The molecule has 1 aromatic carbocycles. The van der Waals surface area contributed by atoms with E-state index in [2.05, 4.69) is 15.0 Å². The number of nitro groups is 1. The molecule has 92 valence electrons. The number of fused-ring (bicyclic) bond motifs is 1. The normalized spacial score (nSPS) is 10.5. The summed E-state index contributed by atoms with van der Waals surface area (Å²) in [6.07, 6.45) is 3.28. The van der Waals surface area contributed by atoms with Gasteiger partial charge in [-0.1, -0.05) is 6.07 Å². The van der Waals surface area contributed by atoms with Gasteiger partial charge in [0, 0.05) is 29.9 Å². The van der Waals surface area contributed by atoms with Gasteiger partial charge >= 0.3 is 0 Å². The molecule has 0 amide bonds. The topological polar surface area (TPSA) is 81.8 Å². The molecular weight excluding hydrogens is 244 g/mol. The van der Waals surface area contributed by atoms with Crippen LogP contribution in [-0.2, 0) is 0 Å². The zero-order valence-electron chi connectivity index (χ0n) is 9.72. The third kappa shape index (κ3) is 2.11. The Morgan fingerprint density at radius 3 is 2.74 bits per heavy atom. The number of non-ortho nitro benzene ring substituents is 1. The summed E-state index contributed by atoms with van der Waals surface area (Å²) in [5, 5.41) is 11.5. The van der Waals surface area contributed by atoms with E-state index in [9.17, 15) is 10.1 Å². The summed E-state index contributed by atoms with van der Waals surface area (Å²) in [5.74, 6) is 0.452. The summed E-state index contributed by atoms with van der Waals surface area (Å²) in [6, 6.07) is 9.93. The first kappa shape index (κ1) is 11.2. The minimum atomic E-state index is -0.442. The Labute approximate surface area is 107 Å². The minimum absolute atomic E-state index is 0.0122. The first-order chi connectivity index (χ1) is 9.24. The molecule has 0 N–H and O–H groups in total. The molecule has 2 aromatic heterocycles. The van der Waals surface area contributed by atoms with Gasteiger partial charge in [0.25, 0.3) is 5.69 Å². The predicted molar refractivity (Wildman–Crippen MR) is 69.4 cm³/mol. The summed E-state index contributed by atoms with van der Waals surface area (Å²) >= 11 is 0. The Hall–Kier alpha value is -2.89. The van der Waals surface area contributed by atoms with Crippen LogP contribution in [0.3, 0.4) is 0 Å². The smallest absolute Gasteiger partial charge is 0.258 e. The van der Waals surface area contributed by atoms with Gasteiger partial charge < -0.3 is 0 Å². The molecule has 19 heavy (non-hydrogen) atoms. The Balaban J connectivity index is 2.16. The number of nitro benzene ring substituents is 1. The maximum atomic E-state index is 10.7. The van der Waals surface area contributed by atoms with E-state index in [0.717, 1.165) is 5.39 Å². The first-order valence-electron chi connectivity index (χ1n) is 5.56. The molecule has 0 radical (unpaired) electrons. The van der Waals surface area contributed by atoms with E-state index in [1.54, 1.807) is 30.6 Å². The molecular formula is C13H8N4O2. The van der Waals surface area contributed by atoms with E-state index < -0.39 is 4.92 Å². The van der Waals surface area contributed by atoms with Crippen LogP contribution in [0.15, 0.2) is 48.8 Å². The van der Waals surface area contributed by atoms with Crippen LogP contribution in [0.4, 0.5) is 5.69 Å². The molecule has 6 heteroatoms. The Bertz CT molecular complexity index is 759. The molecule has 0 spiro atoms. The maximum Gasteiger partial charge on any atom is 0.271 e. The molecule has 0 aliphatic heterocycles. The minimum Gasteiger partial charge on any atom is -0.258 e. The zero-order valence-corrected chi connectivity index (χ0v) is 9.72. The van der Waals surface area contributed by atoms with Crippen LogP contribution in [0, 0.1) is 10.1 Å². The van der Waals surface area contributed by atoms with E-state index in [4.69, 9.17) is 0 Å². The van der Waals surface area contributed by atoms with Gasteiger partial charge in [0.05, 0.1) is 10.4 Å². The van der Waals surface area contributed by atoms with E-state index in [0.29, 0.717) is 17.0 Å². The Kier molecular flexibility index (Phi) is 2.60. The number of rotatable bonds is 2. The largest absolute Gasteiger partial charge is 0.271 e. The lowest BCUT2D eigenvalue weighted by Gasteiger charge is -2.01. The molecule has 6 nitrogen and oxygen atoms in total. The van der Waals surface area contributed by atoms with Crippen molar-refractivity contribution in [2.24, 2.45) is 0 Å². The van der Waals surface area contributed by atoms with Crippen molar-refractivity contribution in [2.45, 2.75) is 0 Å². The fourth-order valence-electron chi connectivity index (χ4n) is 1.74. The molecule has 0 atom stereocenters. The fourth-order valence-corrected chi connectivity index (χ4v) is 1.74. The van der Waals surface area contributed by atoms with Crippen LogP contribution in [0.5, 0.6) is 0 Å². The number of aromatic nitrogens is 3. The summed E-state index contributed by atoms with van der Waals surface area (Å²) in [4.78, 5) is 23.0. The average Bonchev–Trinajstić information content (AvgIpc) is 2.47. The van der Waals surface area contributed by atoms with Crippen molar-refractivity contribution in [3.8, 4) is 11.5 Å². The van der Waals surface area contributed by atoms with Crippen LogP contribution in [0.2, 0.25) is 0 Å². The van der Waals surface area contributed by atoms with Gasteiger partial charge in [0.15, 0.2) is 5.82 Å². The summed E-state index contributed by atoms with van der Waals surface area (Å²) < 4.78 is 0. The lowest BCUT2D eigenvalue weighted by molar-refractivity contribution is -0.384. The summed E-state index contributed by atoms with van der Waals surface area (Å²) in [5.41, 5.74) is 1.18. The van der Waals surface area contributed by atoms with Crippen molar-refractivity contribution in [1.82, 2.24) is 15.0 Å². The molecule has 0 fully saturated rings. The predicted octanol–water partition coefficient (Wildman–Crippen LogP) is 2.60. The second kappa shape index (κ2) is 4.41. The maximum absolute atomic E-state index is 10.7. The van der Waals surface area contributed by atoms with Crippen molar-refractivity contribution in [3.63, 3.8) is 0 Å². The van der Waals surface area contributed by atoms with Gasteiger partial charge in [0.2, 0.25) is 0 Å². The third-order valence-electron chi connectivity index (χ3n) is 2.67. The zero-order chi connectivity index (χ0) is 13.2. The lowest BCUT2D eigenvalue weighted by Crippen LogP contribution is -1.93. The van der Waals surface area contributed by atoms with Crippen LogP contribution in [0.1, 0.15) is 0 Å². The summed E-state index contributed by atoms with van der Waals surface area (Å²) in [6.45, 7) is 0. The second-order valence-electron chi connectivity index (χ2n) is 3.91. The first-order valence-corrected chi connectivity index (χ1v) is 5.56. The van der Waals surface area contributed by atoms with Crippen molar-refractivity contribution in [2.75, 3.05) is 0 Å². The lowest BCUT2D eigenvalue weighted by atomic mass is 10.2. The number of benzene rings is 1. The van der Waals surface area contributed by atoms with Gasteiger partial charge in [-0.25, -0.2) is 9.97 Å². The van der Waals surface area contributed by atoms with Gasteiger partial charge in [-0.15, -0.1) is 0 Å². The van der Waals surface area contributed by atoms with Gasteiger partial charge in [-0.2, -0.15) is 0 Å². The molecule has 0 aliphatic carbocycles. The monoisotopic (exact) mass is 252 g/mol. The van der Waals surface area contributed by atoms with Crippen molar-refractivity contribution >= 4 is 16.6 Å². The number of hydrogen-bond acceptors (Lipinski definition) is 5. The van der Waals surface area contributed by atoms with Crippen LogP contribution >= 0.6 is 0 Å². The highest BCUT2D eigenvalue weighted by molar-refractivity contribution is 5.81. The highest BCUT2D eigenvalue weighted by atomic mass is 16.6. The molecule has 3 aromatic rings. The number of hydrogen-bond donors (Lipinski definition) is 0. The van der Waals surface area contributed by atoms with Crippen molar-refractivity contribution in [1.29, 1.82) is 0 Å². The molecule has 2 heterocycles. The van der Waals surface area contributed by atoms with Crippen LogP contribution in [0.25, 0.3) is 22.4 Å². The SMILES string of the molecule is O=[N+]([O-])c1ccc2cnc(-c3ccccn3)nc2c1. The Morgan fingerprint density at radius 1 is 1.11 bits per heavy atom. The van der Waals surface area contributed by atoms with Crippen molar-refractivity contribution in [3.05, 3.63) is 58.9 Å². The molecule has 0 saturated heterocycles. The molecule has 0 bridgehead atoms. The Morgan fingerprint density at radius 2 is 2.00 bits per heavy atom. The summed E-state index contributed by atoms with van der Waals surface area (Å²) in [7, 11) is 0. The molecule has 3 rings (SSSR count). The van der Waals surface area contributed by atoms with Crippen LogP contribution in [-0.4, -0.2) is 19.9 Å². The third-order valence-corrected chi connectivity index (χ3v) is 2.67. The van der Waals surface area contributed by atoms with Crippen molar-refractivity contribution < 1.29 is 4.92 Å². The highest BCUT2D eigenvalue weighted by Crippen LogP contribution is 2.21. The standard InChI is InChI=1S/C13H8N4O2/c18-17(19)10-5-4-9-8-15-13(16-12(9)7-10)11-3-1-2-6-14-11/h1-8H. The van der Waals surface area contributed by atoms with E-state index in [-0.39, 0.29) is 5.69 Å². The molecule has 0 unspecified atom stereocenters. The number of nitrogens with zero attached hydrogens (tertiary/aromatic N) is 4.